The Morgan fingerprint density at radius 2 is 2.25 bits per heavy atom. The molecular weight excluding hydrogens is 310 g/mol. The van der Waals surface area contributed by atoms with E-state index in [1.165, 1.54) is 6.20 Å². The van der Waals surface area contributed by atoms with E-state index in [2.05, 4.69) is 15.3 Å². The largest absolute Gasteiger partial charge is 0.383 e. The summed E-state index contributed by atoms with van der Waals surface area (Å²) in [6.45, 7) is 1.99. The maximum Gasteiger partial charge on any atom is 0.254 e. The van der Waals surface area contributed by atoms with Gasteiger partial charge in [-0.3, -0.25) is 9.59 Å². The molecule has 2 rings (SSSR count). The van der Waals surface area contributed by atoms with Crippen LogP contribution < -0.4 is 21.7 Å². The molecule has 0 bridgehead atoms. The summed E-state index contributed by atoms with van der Waals surface area (Å²) in [4.78, 5) is 35.1. The summed E-state index contributed by atoms with van der Waals surface area (Å²) >= 11 is 0. The Labute approximate surface area is 140 Å². The van der Waals surface area contributed by atoms with E-state index in [9.17, 15) is 9.59 Å². The van der Waals surface area contributed by atoms with Crippen LogP contribution in [0.3, 0.4) is 0 Å². The van der Waals surface area contributed by atoms with E-state index in [1.54, 1.807) is 6.08 Å². The second kappa shape index (κ2) is 7.73. The van der Waals surface area contributed by atoms with Gasteiger partial charge in [-0.15, -0.1) is 0 Å². The monoisotopic (exact) mass is 333 g/mol. The lowest BCUT2D eigenvalue weighted by Gasteiger charge is -2.17. The number of hydrogen-bond donors (Lipinski definition) is 3. The molecule has 24 heavy (non-hydrogen) atoms. The van der Waals surface area contributed by atoms with Gasteiger partial charge in [-0.25, -0.2) is 4.98 Å². The summed E-state index contributed by atoms with van der Waals surface area (Å²) in [6.07, 6.45) is 5.47. The Balaban J connectivity index is 1.91. The maximum absolute atomic E-state index is 11.9. The van der Waals surface area contributed by atoms with Gasteiger partial charge in [0.1, 0.15) is 5.82 Å². The summed E-state index contributed by atoms with van der Waals surface area (Å²) in [5.74, 6) is -0.285. The minimum absolute atomic E-state index is 0.0159. The van der Waals surface area contributed by atoms with E-state index in [0.717, 1.165) is 6.42 Å². The van der Waals surface area contributed by atoms with Gasteiger partial charge in [0.05, 0.1) is 5.56 Å². The van der Waals surface area contributed by atoms with E-state index in [1.807, 2.05) is 30.0 Å². The van der Waals surface area contributed by atoms with Gasteiger partial charge in [0.25, 0.3) is 5.91 Å². The van der Waals surface area contributed by atoms with Crippen LogP contribution in [0.15, 0.2) is 18.3 Å². The first kappa shape index (κ1) is 17.7. The molecule has 2 heterocycles. The molecule has 1 fully saturated rings. The van der Waals surface area contributed by atoms with Crippen LogP contribution in [-0.2, 0) is 4.79 Å². The lowest BCUT2D eigenvalue weighted by molar-refractivity contribution is -0.117. The minimum Gasteiger partial charge on any atom is -0.383 e. The molecule has 0 saturated carbocycles. The van der Waals surface area contributed by atoms with Crippen LogP contribution in [0.5, 0.6) is 0 Å². The van der Waals surface area contributed by atoms with Crippen LogP contribution in [0.2, 0.25) is 0 Å². The topological polar surface area (TPSA) is 130 Å². The lowest BCUT2D eigenvalue weighted by Crippen LogP contribution is -2.36. The Kier molecular flexibility index (Phi) is 5.69. The first-order valence-electron chi connectivity index (χ1n) is 7.66. The van der Waals surface area contributed by atoms with Crippen LogP contribution >= 0.6 is 0 Å². The van der Waals surface area contributed by atoms with E-state index in [-0.39, 0.29) is 23.3 Å². The van der Waals surface area contributed by atoms with Gasteiger partial charge < -0.3 is 26.6 Å². The molecule has 2 amide bonds. The highest BCUT2D eigenvalue weighted by molar-refractivity contribution is 5.96. The zero-order chi connectivity index (χ0) is 17.7. The van der Waals surface area contributed by atoms with Crippen molar-refractivity contribution in [1.29, 1.82) is 0 Å². The third-order valence-electron chi connectivity index (χ3n) is 3.63. The van der Waals surface area contributed by atoms with Gasteiger partial charge in [0.2, 0.25) is 11.9 Å². The molecule has 1 aliphatic heterocycles. The molecule has 1 atom stereocenters. The predicted molar refractivity (Wildman–Crippen MR) is 91.4 cm³/mol. The van der Waals surface area contributed by atoms with Crippen molar-refractivity contribution >= 4 is 23.6 Å². The molecule has 0 unspecified atom stereocenters. The number of aromatic nitrogens is 2. The van der Waals surface area contributed by atoms with Crippen molar-refractivity contribution in [1.82, 2.24) is 20.2 Å². The summed E-state index contributed by atoms with van der Waals surface area (Å²) in [5.41, 5.74) is 11.0. The highest BCUT2D eigenvalue weighted by Gasteiger charge is 2.25. The highest BCUT2D eigenvalue weighted by atomic mass is 16.1. The SMILES string of the molecule is CN(C)C/C=C/C(=O)N[C@H]1CCN(c2ncc(C(N)=O)c(N)n2)C1. The smallest absolute Gasteiger partial charge is 0.254 e. The molecule has 9 heteroatoms. The van der Waals surface area contributed by atoms with Gasteiger partial charge in [0, 0.05) is 37.9 Å². The second-order valence-electron chi connectivity index (χ2n) is 5.94. The normalized spacial score (nSPS) is 17.6. The predicted octanol–water partition coefficient (Wildman–Crippen LogP) is -1.03. The Bertz CT molecular complexity index is 645. The van der Waals surface area contributed by atoms with Crippen molar-refractivity contribution in [3.8, 4) is 0 Å². The van der Waals surface area contributed by atoms with Gasteiger partial charge >= 0.3 is 0 Å². The Morgan fingerprint density at radius 3 is 2.88 bits per heavy atom. The van der Waals surface area contributed by atoms with Gasteiger partial charge in [-0.1, -0.05) is 6.08 Å². The van der Waals surface area contributed by atoms with Gasteiger partial charge in [-0.2, -0.15) is 4.98 Å². The van der Waals surface area contributed by atoms with E-state index in [4.69, 9.17) is 11.5 Å². The third-order valence-corrected chi connectivity index (χ3v) is 3.63. The van der Waals surface area contributed by atoms with E-state index >= 15 is 0 Å². The summed E-state index contributed by atoms with van der Waals surface area (Å²) in [6, 6.07) is 0.0159. The van der Waals surface area contributed by atoms with E-state index < -0.39 is 5.91 Å². The van der Waals surface area contributed by atoms with E-state index in [0.29, 0.717) is 25.6 Å². The molecule has 1 aromatic heterocycles. The highest BCUT2D eigenvalue weighted by Crippen LogP contribution is 2.18. The van der Waals surface area contributed by atoms with Crippen molar-refractivity contribution in [2.45, 2.75) is 12.5 Å². The summed E-state index contributed by atoms with van der Waals surface area (Å²) < 4.78 is 0. The molecule has 1 aliphatic rings. The number of hydrogen-bond acceptors (Lipinski definition) is 7. The molecule has 0 spiro atoms. The Morgan fingerprint density at radius 1 is 1.50 bits per heavy atom. The average molecular weight is 333 g/mol. The zero-order valence-electron chi connectivity index (χ0n) is 13.9. The molecule has 130 valence electrons. The fraction of sp³-hybridized carbons (Fsp3) is 0.467. The molecule has 1 aromatic rings. The standard InChI is InChI=1S/C15H23N7O2/c1-21(2)6-3-4-12(23)19-10-5-7-22(9-10)15-18-8-11(14(17)24)13(16)20-15/h3-4,8,10H,5-7,9H2,1-2H3,(H2,17,24)(H,19,23)(H2,16,18,20)/b4-3+/t10-/m0/s1. The number of nitrogens with zero attached hydrogens (tertiary/aromatic N) is 4. The maximum atomic E-state index is 11.9. The number of primary amides is 1. The number of anilines is 2. The minimum atomic E-state index is -0.657. The molecular formula is C15H23N7O2. The molecule has 9 nitrogen and oxygen atoms in total. The molecule has 1 saturated heterocycles. The van der Waals surface area contributed by atoms with Crippen LogP contribution in [0.1, 0.15) is 16.8 Å². The fourth-order valence-electron chi connectivity index (χ4n) is 2.41. The van der Waals surface area contributed by atoms with Gasteiger partial charge in [0.15, 0.2) is 0 Å². The fourth-order valence-corrected chi connectivity index (χ4v) is 2.41. The summed E-state index contributed by atoms with van der Waals surface area (Å²) in [7, 11) is 3.87. The number of carbonyl (C=O) groups is 2. The summed E-state index contributed by atoms with van der Waals surface area (Å²) in [5, 5.41) is 2.95. The quantitative estimate of drug-likeness (QED) is 0.567. The van der Waals surface area contributed by atoms with Crippen molar-refractivity contribution in [3.63, 3.8) is 0 Å². The zero-order valence-corrected chi connectivity index (χ0v) is 13.9. The Hall–Kier alpha value is -2.68. The number of nitrogens with two attached hydrogens (primary N) is 2. The first-order valence-corrected chi connectivity index (χ1v) is 7.66. The second-order valence-corrected chi connectivity index (χ2v) is 5.94. The third kappa shape index (κ3) is 4.66. The van der Waals surface area contributed by atoms with Crippen molar-refractivity contribution < 1.29 is 9.59 Å². The molecule has 0 aliphatic carbocycles. The van der Waals surface area contributed by atoms with Crippen LogP contribution in [0.25, 0.3) is 0 Å². The number of amides is 2. The number of nitrogen functional groups attached to an aromatic ring is 1. The average Bonchev–Trinajstić information content (AvgIpc) is 2.94. The number of rotatable bonds is 6. The lowest BCUT2D eigenvalue weighted by atomic mass is 10.2. The number of carbonyl (C=O) groups excluding carboxylic acids is 2. The van der Waals surface area contributed by atoms with Gasteiger partial charge in [-0.05, 0) is 20.5 Å². The van der Waals surface area contributed by atoms with Crippen molar-refractivity contribution in [3.05, 3.63) is 23.9 Å². The number of nitrogens with one attached hydrogen (secondary N) is 1. The van der Waals surface area contributed by atoms with Crippen molar-refractivity contribution in [2.75, 3.05) is 44.4 Å². The molecule has 5 N–H and O–H groups in total. The van der Waals surface area contributed by atoms with Crippen LogP contribution in [0.4, 0.5) is 11.8 Å². The molecule has 0 radical (unpaired) electrons. The van der Waals surface area contributed by atoms with Crippen LogP contribution in [0, 0.1) is 0 Å². The molecule has 0 aromatic carbocycles. The van der Waals surface area contributed by atoms with Crippen molar-refractivity contribution in [2.24, 2.45) is 5.73 Å². The first-order chi connectivity index (χ1) is 11.4. The van der Waals surface area contributed by atoms with Crippen LogP contribution in [-0.4, -0.2) is 66.5 Å². The number of likely N-dealkylation sites (N-methyl/N-ethyl adjacent to an activating group) is 1.